The highest BCUT2D eigenvalue weighted by Gasteiger charge is 2.25. The zero-order valence-corrected chi connectivity index (χ0v) is 14.1. The first kappa shape index (κ1) is 17.9. The van der Waals surface area contributed by atoms with Crippen LogP contribution in [0.2, 0.25) is 5.02 Å². The molecule has 1 aromatic heterocycles. The van der Waals surface area contributed by atoms with E-state index in [0.717, 1.165) is 12.1 Å². The summed E-state index contributed by atoms with van der Waals surface area (Å²) >= 11 is 5.84. The van der Waals surface area contributed by atoms with Gasteiger partial charge >= 0.3 is 5.97 Å². The van der Waals surface area contributed by atoms with E-state index in [1.807, 2.05) is 6.92 Å². The van der Waals surface area contributed by atoms with E-state index in [0.29, 0.717) is 17.9 Å². The van der Waals surface area contributed by atoms with Gasteiger partial charge in [-0.3, -0.25) is 4.79 Å². The van der Waals surface area contributed by atoms with Gasteiger partial charge < -0.3 is 14.6 Å². The van der Waals surface area contributed by atoms with Gasteiger partial charge in [-0.25, -0.2) is 9.18 Å². The molecule has 0 bridgehead atoms. The highest BCUT2D eigenvalue weighted by atomic mass is 35.5. The first-order valence-electron chi connectivity index (χ1n) is 7.25. The number of rotatable bonds is 5. The number of nitrogens with one attached hydrogen (secondary N) is 1. The second kappa shape index (κ2) is 7.44. The number of carbonyl (C=O) groups excluding carboxylic acids is 2. The average Bonchev–Trinajstić information content (AvgIpc) is 2.90. The van der Waals surface area contributed by atoms with E-state index in [1.54, 1.807) is 6.92 Å². The van der Waals surface area contributed by atoms with Gasteiger partial charge in [0.05, 0.1) is 16.4 Å². The van der Waals surface area contributed by atoms with Crippen molar-refractivity contribution in [2.75, 3.05) is 5.32 Å². The molecule has 1 aromatic carbocycles. The number of aryl methyl sites for hydroxylation is 2. The normalized spacial score (nSPS) is 11.9. The molecule has 2 aromatic rings. The fraction of sp³-hybridized carbons (Fsp3) is 0.312. The average molecular weight is 355 g/mol. The van der Waals surface area contributed by atoms with Crippen LogP contribution in [-0.2, 0) is 16.0 Å². The number of benzene rings is 1. The van der Waals surface area contributed by atoms with Crippen LogP contribution in [-0.4, -0.2) is 23.1 Å². The highest BCUT2D eigenvalue weighted by molar-refractivity contribution is 6.33. The third-order valence-electron chi connectivity index (χ3n) is 3.31. The maximum Gasteiger partial charge on any atom is 0.344 e. The number of hydrogen-bond acceptors (Lipinski definition) is 5. The van der Waals surface area contributed by atoms with Crippen molar-refractivity contribution in [3.05, 3.63) is 46.1 Å². The summed E-state index contributed by atoms with van der Waals surface area (Å²) < 4.78 is 23.1. The Morgan fingerprint density at radius 1 is 1.46 bits per heavy atom. The number of esters is 1. The van der Waals surface area contributed by atoms with Crippen LogP contribution < -0.4 is 5.32 Å². The first-order chi connectivity index (χ1) is 11.3. The van der Waals surface area contributed by atoms with E-state index >= 15 is 0 Å². The largest absolute Gasteiger partial charge is 0.449 e. The lowest BCUT2D eigenvalue weighted by molar-refractivity contribution is -0.123. The molecule has 24 heavy (non-hydrogen) atoms. The molecule has 0 aliphatic carbocycles. The molecule has 0 unspecified atom stereocenters. The van der Waals surface area contributed by atoms with Crippen molar-refractivity contribution in [2.45, 2.75) is 33.3 Å². The summed E-state index contributed by atoms with van der Waals surface area (Å²) in [5, 5.41) is 6.29. The fourth-order valence-electron chi connectivity index (χ4n) is 2.02. The molecule has 2 rings (SSSR count). The predicted octanol–water partition coefficient (Wildman–Crippen LogP) is 3.52. The number of anilines is 1. The molecule has 0 fully saturated rings. The van der Waals surface area contributed by atoms with E-state index in [-0.39, 0.29) is 16.3 Å². The Morgan fingerprint density at radius 3 is 2.79 bits per heavy atom. The summed E-state index contributed by atoms with van der Waals surface area (Å²) in [5.74, 6) is -1.49. The van der Waals surface area contributed by atoms with Crippen molar-refractivity contribution in [3.8, 4) is 0 Å². The summed E-state index contributed by atoms with van der Waals surface area (Å²) in [5.41, 5.74) is 0.907. The quantitative estimate of drug-likeness (QED) is 0.831. The van der Waals surface area contributed by atoms with E-state index in [1.165, 1.54) is 13.0 Å². The maximum atomic E-state index is 13.0. The molecular formula is C16H16ClFN2O4. The summed E-state index contributed by atoms with van der Waals surface area (Å²) in [4.78, 5) is 24.3. The molecule has 0 spiro atoms. The van der Waals surface area contributed by atoms with Crippen molar-refractivity contribution in [2.24, 2.45) is 0 Å². The third kappa shape index (κ3) is 3.91. The predicted molar refractivity (Wildman–Crippen MR) is 85.5 cm³/mol. The molecule has 0 aliphatic rings. The molecule has 0 saturated carbocycles. The summed E-state index contributed by atoms with van der Waals surface area (Å²) in [7, 11) is 0. The van der Waals surface area contributed by atoms with Crippen molar-refractivity contribution < 1.29 is 23.2 Å². The van der Waals surface area contributed by atoms with Crippen LogP contribution in [0.25, 0.3) is 0 Å². The number of aromatic nitrogens is 1. The van der Waals surface area contributed by atoms with Crippen LogP contribution in [0.15, 0.2) is 22.7 Å². The zero-order valence-electron chi connectivity index (χ0n) is 13.4. The lowest BCUT2D eigenvalue weighted by atomic mass is 10.1. The molecule has 1 amide bonds. The van der Waals surface area contributed by atoms with E-state index in [9.17, 15) is 14.0 Å². The molecule has 0 saturated heterocycles. The lowest BCUT2D eigenvalue weighted by Crippen LogP contribution is -2.30. The van der Waals surface area contributed by atoms with Gasteiger partial charge in [0, 0.05) is 0 Å². The molecule has 1 heterocycles. The van der Waals surface area contributed by atoms with Gasteiger partial charge in [0.2, 0.25) is 0 Å². The van der Waals surface area contributed by atoms with Gasteiger partial charge in [-0.1, -0.05) is 23.7 Å². The van der Waals surface area contributed by atoms with Crippen LogP contribution in [0.3, 0.4) is 0 Å². The van der Waals surface area contributed by atoms with Crippen LogP contribution in [0.1, 0.15) is 35.7 Å². The summed E-state index contributed by atoms with van der Waals surface area (Å²) in [6.45, 7) is 4.83. The van der Waals surface area contributed by atoms with Gasteiger partial charge in [-0.15, -0.1) is 0 Å². The van der Waals surface area contributed by atoms with Crippen molar-refractivity contribution in [1.29, 1.82) is 0 Å². The summed E-state index contributed by atoms with van der Waals surface area (Å²) in [6.07, 6.45) is -0.592. The molecule has 0 aliphatic heterocycles. The molecular weight excluding hydrogens is 339 g/mol. The van der Waals surface area contributed by atoms with E-state index < -0.39 is 23.8 Å². The third-order valence-corrected chi connectivity index (χ3v) is 3.63. The Labute approximate surface area is 142 Å². The SMILES string of the molecule is CCc1noc(C)c1C(=O)O[C@@H](C)C(=O)Nc1ccc(F)cc1Cl. The zero-order chi connectivity index (χ0) is 17.9. The van der Waals surface area contributed by atoms with Crippen LogP contribution in [0.4, 0.5) is 10.1 Å². The highest BCUT2D eigenvalue weighted by Crippen LogP contribution is 2.23. The van der Waals surface area contributed by atoms with Crippen LogP contribution in [0, 0.1) is 12.7 Å². The molecule has 8 heteroatoms. The molecule has 1 atom stereocenters. The number of amides is 1. The number of carbonyl (C=O) groups is 2. The van der Waals surface area contributed by atoms with Gasteiger partial charge in [0.25, 0.3) is 5.91 Å². The van der Waals surface area contributed by atoms with Gasteiger partial charge in [-0.05, 0) is 38.5 Å². The van der Waals surface area contributed by atoms with Crippen LogP contribution >= 0.6 is 11.6 Å². The Bertz CT molecular complexity index is 775. The first-order valence-corrected chi connectivity index (χ1v) is 7.63. The van der Waals surface area contributed by atoms with Gasteiger partial charge in [-0.2, -0.15) is 0 Å². The molecule has 6 nitrogen and oxygen atoms in total. The van der Waals surface area contributed by atoms with Crippen molar-refractivity contribution in [3.63, 3.8) is 0 Å². The minimum absolute atomic E-state index is 0.0463. The Morgan fingerprint density at radius 2 is 2.17 bits per heavy atom. The lowest BCUT2D eigenvalue weighted by Gasteiger charge is -2.14. The fourth-order valence-corrected chi connectivity index (χ4v) is 2.23. The van der Waals surface area contributed by atoms with Gasteiger partial charge in [0.15, 0.2) is 6.10 Å². The smallest absolute Gasteiger partial charge is 0.344 e. The number of hydrogen-bond donors (Lipinski definition) is 1. The second-order valence-corrected chi connectivity index (χ2v) is 5.48. The molecule has 0 radical (unpaired) electrons. The monoisotopic (exact) mass is 354 g/mol. The number of ether oxygens (including phenoxy) is 1. The number of halogens is 2. The Hall–Kier alpha value is -2.41. The number of nitrogens with zero attached hydrogens (tertiary/aromatic N) is 1. The minimum Gasteiger partial charge on any atom is -0.449 e. The summed E-state index contributed by atoms with van der Waals surface area (Å²) in [6, 6.07) is 3.55. The Kier molecular flexibility index (Phi) is 5.56. The maximum absolute atomic E-state index is 13.0. The van der Waals surface area contributed by atoms with E-state index in [4.69, 9.17) is 20.9 Å². The van der Waals surface area contributed by atoms with Gasteiger partial charge in [0.1, 0.15) is 17.1 Å². The van der Waals surface area contributed by atoms with Crippen molar-refractivity contribution in [1.82, 2.24) is 5.16 Å². The molecule has 1 N–H and O–H groups in total. The second-order valence-electron chi connectivity index (χ2n) is 5.07. The van der Waals surface area contributed by atoms with Crippen molar-refractivity contribution >= 4 is 29.2 Å². The molecule has 128 valence electrons. The van der Waals surface area contributed by atoms with E-state index in [2.05, 4.69) is 10.5 Å². The standard InChI is InChI=1S/C16H16ClFN2O4/c1-4-12-14(8(2)24-20-12)16(22)23-9(3)15(21)19-13-6-5-10(18)7-11(13)17/h5-7,9H,4H2,1-3H3,(H,19,21)/t9-/m0/s1. The topological polar surface area (TPSA) is 81.4 Å². The van der Waals surface area contributed by atoms with Crippen LogP contribution in [0.5, 0.6) is 0 Å². The minimum atomic E-state index is -1.09. The Balaban J connectivity index is 2.06.